The number of pyridine rings is 1. The molecule has 1 aliphatic carbocycles. The van der Waals surface area contributed by atoms with Crippen molar-refractivity contribution in [1.82, 2.24) is 4.98 Å². The zero-order valence-electron chi connectivity index (χ0n) is 9.08. The average Bonchev–Trinajstić information content (AvgIpc) is 2.91. The second kappa shape index (κ2) is 3.60. The zero-order chi connectivity index (χ0) is 10.1. The van der Waals surface area contributed by atoms with Crippen molar-refractivity contribution in [2.75, 3.05) is 0 Å². The zero-order valence-corrected chi connectivity index (χ0v) is 9.08. The van der Waals surface area contributed by atoms with E-state index in [-0.39, 0.29) is 0 Å². The third kappa shape index (κ3) is 2.06. The van der Waals surface area contributed by atoms with Crippen LogP contribution in [0.1, 0.15) is 44.0 Å². The molecule has 0 atom stereocenters. The predicted octanol–water partition coefficient (Wildman–Crippen LogP) is 3.05. The Morgan fingerprint density at radius 3 is 2.64 bits per heavy atom. The molecule has 1 aromatic heterocycles. The van der Waals surface area contributed by atoms with Crippen molar-refractivity contribution in [3.8, 4) is 5.75 Å². The number of aromatic nitrogens is 1. The smallest absolute Gasteiger partial charge is 0.141 e. The molecule has 2 heteroatoms. The number of aryl methyl sites for hydroxylation is 1. The van der Waals surface area contributed by atoms with Crippen LogP contribution in [0.2, 0.25) is 0 Å². The van der Waals surface area contributed by atoms with Gasteiger partial charge in [0.05, 0.1) is 11.8 Å². The van der Waals surface area contributed by atoms with Gasteiger partial charge in [0, 0.05) is 5.69 Å². The van der Waals surface area contributed by atoms with Gasteiger partial charge < -0.3 is 4.74 Å². The van der Waals surface area contributed by atoms with E-state index >= 15 is 0 Å². The first-order valence-electron chi connectivity index (χ1n) is 5.31. The molecule has 14 heavy (non-hydrogen) atoms. The highest BCUT2D eigenvalue weighted by atomic mass is 16.5. The van der Waals surface area contributed by atoms with Crippen LogP contribution in [0, 0.1) is 6.92 Å². The fourth-order valence-corrected chi connectivity index (χ4v) is 1.44. The van der Waals surface area contributed by atoms with E-state index in [9.17, 15) is 0 Å². The van der Waals surface area contributed by atoms with E-state index in [0.717, 1.165) is 17.1 Å². The SMILES string of the molecule is Cc1ccc(OC2CC2)c(C(C)C)n1. The molecule has 0 unspecified atom stereocenters. The summed E-state index contributed by atoms with van der Waals surface area (Å²) in [5.41, 5.74) is 2.16. The summed E-state index contributed by atoms with van der Waals surface area (Å²) in [5, 5.41) is 0. The van der Waals surface area contributed by atoms with Crippen molar-refractivity contribution in [2.45, 2.75) is 45.6 Å². The van der Waals surface area contributed by atoms with Crippen LogP contribution in [0.3, 0.4) is 0 Å². The molecule has 0 bridgehead atoms. The Kier molecular flexibility index (Phi) is 2.44. The fourth-order valence-electron chi connectivity index (χ4n) is 1.44. The van der Waals surface area contributed by atoms with Gasteiger partial charge in [-0.1, -0.05) is 13.8 Å². The van der Waals surface area contributed by atoms with Gasteiger partial charge in [0.25, 0.3) is 0 Å². The highest BCUT2D eigenvalue weighted by Gasteiger charge is 2.25. The predicted molar refractivity (Wildman–Crippen MR) is 56.7 cm³/mol. The van der Waals surface area contributed by atoms with E-state index in [0.29, 0.717) is 12.0 Å². The molecular weight excluding hydrogens is 174 g/mol. The molecule has 1 saturated carbocycles. The maximum absolute atomic E-state index is 5.81. The number of hydrogen-bond donors (Lipinski definition) is 0. The third-order valence-electron chi connectivity index (χ3n) is 2.39. The van der Waals surface area contributed by atoms with E-state index in [1.807, 2.05) is 13.0 Å². The summed E-state index contributed by atoms with van der Waals surface area (Å²) in [6, 6.07) is 4.07. The van der Waals surface area contributed by atoms with Crippen molar-refractivity contribution < 1.29 is 4.74 Å². The lowest BCUT2D eigenvalue weighted by Gasteiger charge is -2.13. The van der Waals surface area contributed by atoms with Gasteiger partial charge in [0.2, 0.25) is 0 Å². The average molecular weight is 191 g/mol. The minimum Gasteiger partial charge on any atom is -0.489 e. The van der Waals surface area contributed by atoms with Crippen LogP contribution >= 0.6 is 0 Å². The number of ether oxygens (including phenoxy) is 1. The van der Waals surface area contributed by atoms with Crippen molar-refractivity contribution in [3.05, 3.63) is 23.5 Å². The Hall–Kier alpha value is -1.05. The van der Waals surface area contributed by atoms with Crippen LogP contribution in [0.5, 0.6) is 5.75 Å². The minimum absolute atomic E-state index is 0.434. The van der Waals surface area contributed by atoms with Crippen LogP contribution in [0.25, 0.3) is 0 Å². The minimum atomic E-state index is 0.434. The molecule has 0 aliphatic heterocycles. The van der Waals surface area contributed by atoms with Crippen LogP contribution in [0.15, 0.2) is 12.1 Å². The summed E-state index contributed by atoms with van der Waals surface area (Å²) in [6.45, 7) is 6.33. The molecule has 2 rings (SSSR count). The van der Waals surface area contributed by atoms with Crippen LogP contribution in [-0.2, 0) is 0 Å². The van der Waals surface area contributed by atoms with Crippen molar-refractivity contribution in [1.29, 1.82) is 0 Å². The standard InChI is InChI=1S/C12H17NO/c1-8(2)12-11(14-10-5-6-10)7-4-9(3)13-12/h4,7-8,10H,5-6H2,1-3H3. The van der Waals surface area contributed by atoms with Crippen molar-refractivity contribution in [3.63, 3.8) is 0 Å². The molecule has 0 aromatic carbocycles. The first-order valence-corrected chi connectivity index (χ1v) is 5.31. The quantitative estimate of drug-likeness (QED) is 0.732. The largest absolute Gasteiger partial charge is 0.489 e. The van der Waals surface area contributed by atoms with Gasteiger partial charge in [-0.2, -0.15) is 0 Å². The van der Waals surface area contributed by atoms with Gasteiger partial charge in [-0.05, 0) is 37.8 Å². The first-order chi connectivity index (χ1) is 6.66. The second-order valence-corrected chi connectivity index (χ2v) is 4.31. The third-order valence-corrected chi connectivity index (χ3v) is 2.39. The van der Waals surface area contributed by atoms with E-state index < -0.39 is 0 Å². The summed E-state index contributed by atoms with van der Waals surface area (Å²) in [7, 11) is 0. The maximum Gasteiger partial charge on any atom is 0.141 e. The Labute approximate surface area is 85.3 Å². The van der Waals surface area contributed by atoms with Gasteiger partial charge in [-0.15, -0.1) is 0 Å². The van der Waals surface area contributed by atoms with Crippen molar-refractivity contribution >= 4 is 0 Å². The summed E-state index contributed by atoms with van der Waals surface area (Å²) in [6.07, 6.45) is 2.86. The van der Waals surface area contributed by atoms with Gasteiger partial charge >= 0.3 is 0 Å². The van der Waals surface area contributed by atoms with E-state index in [1.165, 1.54) is 12.8 Å². The first kappa shape index (κ1) is 9.50. The summed E-state index contributed by atoms with van der Waals surface area (Å²) < 4.78 is 5.81. The summed E-state index contributed by atoms with van der Waals surface area (Å²) >= 11 is 0. The summed E-state index contributed by atoms with van der Waals surface area (Å²) in [5.74, 6) is 1.41. The van der Waals surface area contributed by atoms with Gasteiger partial charge in [-0.3, -0.25) is 4.98 Å². The van der Waals surface area contributed by atoms with Gasteiger partial charge in [0.15, 0.2) is 0 Å². The highest BCUT2D eigenvalue weighted by Crippen LogP contribution is 2.31. The number of rotatable bonds is 3. The van der Waals surface area contributed by atoms with Gasteiger partial charge in [-0.25, -0.2) is 0 Å². The number of hydrogen-bond acceptors (Lipinski definition) is 2. The lowest BCUT2D eigenvalue weighted by atomic mass is 10.1. The van der Waals surface area contributed by atoms with E-state index in [2.05, 4.69) is 24.9 Å². The molecule has 1 aliphatic rings. The Morgan fingerprint density at radius 2 is 2.07 bits per heavy atom. The highest BCUT2D eigenvalue weighted by molar-refractivity contribution is 5.32. The number of nitrogens with zero attached hydrogens (tertiary/aromatic N) is 1. The Morgan fingerprint density at radius 1 is 1.36 bits per heavy atom. The molecule has 1 heterocycles. The molecule has 1 fully saturated rings. The van der Waals surface area contributed by atoms with Gasteiger partial charge in [0.1, 0.15) is 5.75 Å². The lowest BCUT2D eigenvalue weighted by Crippen LogP contribution is -2.03. The van der Waals surface area contributed by atoms with Crippen LogP contribution in [-0.4, -0.2) is 11.1 Å². The fraction of sp³-hybridized carbons (Fsp3) is 0.583. The van der Waals surface area contributed by atoms with Crippen molar-refractivity contribution in [2.24, 2.45) is 0 Å². The van der Waals surface area contributed by atoms with Crippen LogP contribution in [0.4, 0.5) is 0 Å². The maximum atomic E-state index is 5.81. The molecular formula is C12H17NO. The monoisotopic (exact) mass is 191 g/mol. The van der Waals surface area contributed by atoms with E-state index in [1.54, 1.807) is 0 Å². The summed E-state index contributed by atoms with van der Waals surface area (Å²) in [4.78, 5) is 4.53. The van der Waals surface area contributed by atoms with Crippen LogP contribution < -0.4 is 4.74 Å². The molecule has 2 nitrogen and oxygen atoms in total. The van der Waals surface area contributed by atoms with E-state index in [4.69, 9.17) is 4.74 Å². The Bertz CT molecular complexity index is 329. The molecule has 76 valence electrons. The molecule has 0 spiro atoms. The molecule has 0 N–H and O–H groups in total. The Balaban J connectivity index is 2.26. The topological polar surface area (TPSA) is 22.1 Å². The normalized spacial score (nSPS) is 16.0. The lowest BCUT2D eigenvalue weighted by molar-refractivity contribution is 0.297. The molecule has 0 amide bonds. The second-order valence-electron chi connectivity index (χ2n) is 4.31. The molecule has 0 saturated heterocycles. The molecule has 0 radical (unpaired) electrons. The molecule has 1 aromatic rings.